The molecule has 2 aromatic rings. The molecule has 1 aromatic carbocycles. The van der Waals surface area contributed by atoms with Crippen LogP contribution in [0.5, 0.6) is 5.75 Å². The van der Waals surface area contributed by atoms with Crippen LogP contribution >= 0.6 is 23.4 Å². The molecule has 0 saturated heterocycles. The van der Waals surface area contributed by atoms with E-state index in [1.54, 1.807) is 24.3 Å². The molecule has 1 heterocycles. The summed E-state index contributed by atoms with van der Waals surface area (Å²) in [4.78, 5) is 31.8. The molecule has 2 amide bonds. The van der Waals surface area contributed by atoms with Gasteiger partial charge in [-0.25, -0.2) is 9.97 Å². The Balaban J connectivity index is 1.86. The second kappa shape index (κ2) is 9.09. The predicted molar refractivity (Wildman–Crippen MR) is 91.0 cm³/mol. The van der Waals surface area contributed by atoms with Crippen LogP contribution < -0.4 is 15.6 Å². The van der Waals surface area contributed by atoms with Gasteiger partial charge in [0.15, 0.2) is 17.5 Å². The number of hydrogen-bond donors (Lipinski definition) is 2. The standard InChI is InChI=1S/C15H15ClN4O3S/c1-2-24-15-17-8-11(16)13(18-15)14(22)20-19-12(21)9-23-10-6-4-3-5-7-10/h3-8H,2,9H2,1H3,(H,19,21)(H,20,22). The SMILES string of the molecule is CCSc1ncc(Cl)c(C(=O)NNC(=O)COc2ccccc2)n1. The molecule has 0 atom stereocenters. The van der Waals surface area contributed by atoms with Crippen LogP contribution in [-0.4, -0.2) is 34.1 Å². The smallest absolute Gasteiger partial charge is 0.289 e. The van der Waals surface area contributed by atoms with Gasteiger partial charge in [0.05, 0.1) is 11.2 Å². The van der Waals surface area contributed by atoms with Gasteiger partial charge in [-0.2, -0.15) is 0 Å². The Labute approximate surface area is 148 Å². The number of benzene rings is 1. The minimum atomic E-state index is -0.631. The average Bonchev–Trinajstić information content (AvgIpc) is 2.60. The summed E-state index contributed by atoms with van der Waals surface area (Å²) in [5, 5.41) is 0.536. The molecule has 0 aliphatic carbocycles. The van der Waals surface area contributed by atoms with Gasteiger partial charge >= 0.3 is 0 Å². The van der Waals surface area contributed by atoms with Crippen molar-refractivity contribution in [3.8, 4) is 5.75 Å². The first-order chi connectivity index (χ1) is 11.6. The number of rotatable bonds is 6. The molecule has 0 unspecified atom stereocenters. The quantitative estimate of drug-likeness (QED) is 0.462. The monoisotopic (exact) mass is 366 g/mol. The highest BCUT2D eigenvalue weighted by atomic mass is 35.5. The van der Waals surface area contributed by atoms with Gasteiger partial charge in [-0.15, -0.1) is 0 Å². The number of carbonyl (C=O) groups excluding carboxylic acids is 2. The van der Waals surface area contributed by atoms with Crippen LogP contribution in [0.3, 0.4) is 0 Å². The molecule has 0 aliphatic rings. The van der Waals surface area contributed by atoms with Crippen molar-refractivity contribution >= 4 is 35.2 Å². The normalized spacial score (nSPS) is 10.1. The lowest BCUT2D eigenvalue weighted by molar-refractivity contribution is -0.123. The van der Waals surface area contributed by atoms with E-state index in [9.17, 15) is 9.59 Å². The molecule has 2 N–H and O–H groups in total. The van der Waals surface area contributed by atoms with Crippen LogP contribution in [-0.2, 0) is 4.79 Å². The summed E-state index contributed by atoms with van der Waals surface area (Å²) < 4.78 is 5.26. The number of aromatic nitrogens is 2. The molecular weight excluding hydrogens is 352 g/mol. The number of amides is 2. The van der Waals surface area contributed by atoms with Crippen molar-refractivity contribution in [2.24, 2.45) is 0 Å². The number of thioether (sulfide) groups is 1. The third-order valence-electron chi connectivity index (χ3n) is 2.64. The maximum atomic E-state index is 12.1. The molecule has 0 saturated carbocycles. The third kappa shape index (κ3) is 5.39. The summed E-state index contributed by atoms with van der Waals surface area (Å²) in [7, 11) is 0. The summed E-state index contributed by atoms with van der Waals surface area (Å²) >= 11 is 7.29. The second-order valence-corrected chi connectivity index (χ2v) is 6.02. The lowest BCUT2D eigenvalue weighted by Gasteiger charge is -2.09. The van der Waals surface area contributed by atoms with Crippen molar-refractivity contribution in [2.75, 3.05) is 12.4 Å². The zero-order valence-corrected chi connectivity index (χ0v) is 14.4. The molecule has 24 heavy (non-hydrogen) atoms. The highest BCUT2D eigenvalue weighted by Crippen LogP contribution is 2.17. The Morgan fingerprint density at radius 3 is 2.71 bits per heavy atom. The second-order valence-electron chi connectivity index (χ2n) is 4.39. The Morgan fingerprint density at radius 1 is 1.25 bits per heavy atom. The Morgan fingerprint density at radius 2 is 2.00 bits per heavy atom. The molecular formula is C15H15ClN4O3S. The van der Waals surface area contributed by atoms with Gasteiger partial charge in [0, 0.05) is 0 Å². The minimum absolute atomic E-state index is 0.00751. The van der Waals surface area contributed by atoms with Crippen molar-refractivity contribution in [1.29, 1.82) is 0 Å². The van der Waals surface area contributed by atoms with Gasteiger partial charge < -0.3 is 4.74 Å². The van der Waals surface area contributed by atoms with E-state index in [2.05, 4.69) is 20.8 Å². The molecule has 9 heteroatoms. The zero-order chi connectivity index (χ0) is 17.4. The molecule has 2 rings (SSSR count). The van der Waals surface area contributed by atoms with Crippen LogP contribution in [0.25, 0.3) is 0 Å². The van der Waals surface area contributed by atoms with E-state index in [0.29, 0.717) is 10.9 Å². The molecule has 7 nitrogen and oxygen atoms in total. The largest absolute Gasteiger partial charge is 0.484 e. The third-order valence-corrected chi connectivity index (χ3v) is 3.66. The lowest BCUT2D eigenvalue weighted by atomic mass is 10.3. The van der Waals surface area contributed by atoms with Crippen molar-refractivity contribution < 1.29 is 14.3 Å². The fourth-order valence-corrected chi connectivity index (χ4v) is 2.31. The van der Waals surface area contributed by atoms with Gasteiger partial charge in [0.1, 0.15) is 5.75 Å². The number of halogens is 1. The molecule has 1 aromatic heterocycles. The van der Waals surface area contributed by atoms with Crippen LogP contribution in [0, 0.1) is 0 Å². The van der Waals surface area contributed by atoms with Gasteiger partial charge in [-0.05, 0) is 17.9 Å². The number of nitrogens with one attached hydrogen (secondary N) is 2. The summed E-state index contributed by atoms with van der Waals surface area (Å²) in [6.07, 6.45) is 1.35. The van der Waals surface area contributed by atoms with Crippen molar-refractivity contribution in [3.05, 3.63) is 47.2 Å². The highest BCUT2D eigenvalue weighted by molar-refractivity contribution is 7.99. The van der Waals surface area contributed by atoms with Crippen LogP contribution in [0.4, 0.5) is 0 Å². The molecule has 0 fully saturated rings. The van der Waals surface area contributed by atoms with E-state index in [1.165, 1.54) is 18.0 Å². The van der Waals surface area contributed by atoms with E-state index in [4.69, 9.17) is 16.3 Å². The van der Waals surface area contributed by atoms with Crippen LogP contribution in [0.2, 0.25) is 5.02 Å². The topological polar surface area (TPSA) is 93.2 Å². The number of hydrogen-bond acceptors (Lipinski definition) is 6. The van der Waals surface area contributed by atoms with Gasteiger partial charge in [-0.1, -0.05) is 48.5 Å². The van der Waals surface area contributed by atoms with Gasteiger partial charge in [0.25, 0.3) is 11.8 Å². The lowest BCUT2D eigenvalue weighted by Crippen LogP contribution is -2.44. The maximum absolute atomic E-state index is 12.1. The molecule has 126 valence electrons. The predicted octanol–water partition coefficient (Wildman–Crippen LogP) is 2.08. The van der Waals surface area contributed by atoms with E-state index >= 15 is 0 Å². The number of ether oxygens (including phenoxy) is 1. The maximum Gasteiger partial charge on any atom is 0.289 e. The summed E-state index contributed by atoms with van der Waals surface area (Å²) in [5.41, 5.74) is 4.48. The van der Waals surface area contributed by atoms with Gasteiger partial charge in [0.2, 0.25) is 0 Å². The molecule has 0 aliphatic heterocycles. The fraction of sp³-hybridized carbons (Fsp3) is 0.200. The summed E-state index contributed by atoms with van der Waals surface area (Å²) in [5.74, 6) is 0.170. The van der Waals surface area contributed by atoms with Crippen LogP contribution in [0.15, 0.2) is 41.7 Å². The summed E-state index contributed by atoms with van der Waals surface area (Å²) in [6, 6.07) is 8.86. The van der Waals surface area contributed by atoms with E-state index in [-0.39, 0.29) is 17.3 Å². The van der Waals surface area contributed by atoms with Crippen molar-refractivity contribution in [2.45, 2.75) is 12.1 Å². The first-order valence-electron chi connectivity index (χ1n) is 7.02. The van der Waals surface area contributed by atoms with Crippen LogP contribution in [0.1, 0.15) is 17.4 Å². The molecule has 0 bridgehead atoms. The van der Waals surface area contributed by atoms with Crippen molar-refractivity contribution in [3.63, 3.8) is 0 Å². The van der Waals surface area contributed by atoms with E-state index in [1.807, 2.05) is 13.0 Å². The Kier molecular flexibility index (Phi) is 6.83. The fourth-order valence-electron chi connectivity index (χ4n) is 1.60. The molecule has 0 spiro atoms. The zero-order valence-electron chi connectivity index (χ0n) is 12.8. The van der Waals surface area contributed by atoms with E-state index < -0.39 is 11.8 Å². The number of nitrogens with zero attached hydrogens (tertiary/aromatic N) is 2. The first kappa shape index (κ1) is 18.0. The Hall–Kier alpha value is -2.32. The Bertz CT molecular complexity index is 715. The minimum Gasteiger partial charge on any atom is -0.484 e. The molecule has 0 radical (unpaired) electrons. The van der Waals surface area contributed by atoms with Crippen molar-refractivity contribution in [1.82, 2.24) is 20.8 Å². The van der Waals surface area contributed by atoms with E-state index in [0.717, 1.165) is 5.75 Å². The number of para-hydroxylation sites is 1. The average molecular weight is 367 g/mol. The summed E-state index contributed by atoms with van der Waals surface area (Å²) in [6.45, 7) is 1.70. The highest BCUT2D eigenvalue weighted by Gasteiger charge is 2.15. The first-order valence-corrected chi connectivity index (χ1v) is 8.39. The number of hydrazine groups is 1. The number of carbonyl (C=O) groups is 2. The van der Waals surface area contributed by atoms with Gasteiger partial charge in [-0.3, -0.25) is 20.4 Å².